The normalized spacial score (nSPS) is 27.0. The molecule has 4 rings (SSSR count). The molecule has 2 aromatic rings. The fourth-order valence-electron chi connectivity index (χ4n) is 4.63. The molecule has 2 aliphatic heterocycles. The Bertz CT molecular complexity index is 811. The van der Waals surface area contributed by atoms with E-state index in [4.69, 9.17) is 4.74 Å². The number of pyridine rings is 1. The van der Waals surface area contributed by atoms with Crippen molar-refractivity contribution in [2.24, 2.45) is 5.92 Å². The average molecular weight is 395 g/mol. The second kappa shape index (κ2) is 8.93. The van der Waals surface area contributed by atoms with Crippen LogP contribution >= 0.6 is 0 Å². The summed E-state index contributed by atoms with van der Waals surface area (Å²) in [4.78, 5) is 19.7. The molecule has 1 aromatic heterocycles. The van der Waals surface area contributed by atoms with Gasteiger partial charge in [-0.2, -0.15) is 0 Å². The Balaban J connectivity index is 1.50. The molecule has 0 aliphatic carbocycles. The van der Waals surface area contributed by atoms with E-state index in [-0.39, 0.29) is 30.0 Å². The lowest BCUT2D eigenvalue weighted by atomic mass is 9.86. The molecule has 1 aromatic carbocycles. The van der Waals surface area contributed by atoms with Gasteiger partial charge in [-0.3, -0.25) is 15.2 Å². The smallest absolute Gasteiger partial charge is 0.223 e. The van der Waals surface area contributed by atoms with Crippen molar-refractivity contribution in [3.63, 3.8) is 0 Å². The van der Waals surface area contributed by atoms with Crippen LogP contribution in [-0.2, 0) is 4.79 Å². The third-order valence-electron chi connectivity index (χ3n) is 6.31. The molecule has 1 amide bonds. The predicted octanol–water partition coefficient (Wildman–Crippen LogP) is 3.39. The summed E-state index contributed by atoms with van der Waals surface area (Å²) in [6, 6.07) is 12.6. The van der Waals surface area contributed by atoms with Gasteiger partial charge in [0.2, 0.25) is 5.91 Å². The van der Waals surface area contributed by atoms with Crippen LogP contribution < -0.4 is 15.6 Å². The fraction of sp³-hybridized carbons (Fsp3) is 0.478. The number of benzene rings is 1. The number of nitrogens with zero attached hydrogens (tertiary/aromatic N) is 2. The highest BCUT2D eigenvalue weighted by Crippen LogP contribution is 2.36. The van der Waals surface area contributed by atoms with Crippen molar-refractivity contribution in [2.75, 3.05) is 13.7 Å². The third-order valence-corrected chi connectivity index (χ3v) is 6.31. The molecule has 2 N–H and O–H groups in total. The van der Waals surface area contributed by atoms with E-state index in [1.165, 1.54) is 5.56 Å². The maximum atomic E-state index is 13.4. The summed E-state index contributed by atoms with van der Waals surface area (Å²) in [6.45, 7) is 2.97. The van der Waals surface area contributed by atoms with Gasteiger partial charge in [-0.25, -0.2) is 5.43 Å². The van der Waals surface area contributed by atoms with E-state index in [2.05, 4.69) is 45.9 Å². The molecule has 6 heteroatoms. The van der Waals surface area contributed by atoms with Gasteiger partial charge in [0.1, 0.15) is 5.75 Å². The van der Waals surface area contributed by atoms with Crippen LogP contribution in [0.2, 0.25) is 0 Å². The number of hydrogen-bond acceptors (Lipinski definition) is 5. The number of carbonyl (C=O) groups is 1. The van der Waals surface area contributed by atoms with E-state index in [1.807, 2.05) is 24.4 Å². The number of hydrogen-bond donors (Lipinski definition) is 2. The molecular weight excluding hydrogens is 364 g/mol. The minimum atomic E-state index is 0.0986. The maximum Gasteiger partial charge on any atom is 0.223 e. The van der Waals surface area contributed by atoms with Gasteiger partial charge in [-0.15, -0.1) is 0 Å². The topological polar surface area (TPSA) is 66.5 Å². The monoisotopic (exact) mass is 394 g/mol. The summed E-state index contributed by atoms with van der Waals surface area (Å²) in [5.74, 6) is 1.26. The number of ether oxygens (including phenoxy) is 1. The highest BCUT2D eigenvalue weighted by Gasteiger charge is 2.38. The number of likely N-dealkylation sites (tertiary alicyclic amines) is 1. The quantitative estimate of drug-likeness (QED) is 0.814. The van der Waals surface area contributed by atoms with Crippen LogP contribution in [0.5, 0.6) is 5.75 Å². The van der Waals surface area contributed by atoms with Gasteiger partial charge in [0, 0.05) is 37.3 Å². The van der Waals surface area contributed by atoms with E-state index in [0.29, 0.717) is 6.42 Å². The number of hydrazine groups is 1. The number of carbonyl (C=O) groups excluding carboxylic acids is 1. The Kier molecular flexibility index (Phi) is 6.11. The van der Waals surface area contributed by atoms with Crippen LogP contribution in [0, 0.1) is 5.92 Å². The molecule has 2 fully saturated rings. The lowest BCUT2D eigenvalue weighted by molar-refractivity contribution is -0.136. The second-order valence-electron chi connectivity index (χ2n) is 8.08. The molecule has 2 aliphatic rings. The van der Waals surface area contributed by atoms with E-state index in [1.54, 1.807) is 13.3 Å². The molecule has 29 heavy (non-hydrogen) atoms. The Hall–Kier alpha value is -2.44. The van der Waals surface area contributed by atoms with E-state index in [9.17, 15) is 4.79 Å². The highest BCUT2D eigenvalue weighted by atomic mass is 16.5. The molecule has 0 saturated carbocycles. The predicted molar refractivity (Wildman–Crippen MR) is 112 cm³/mol. The first kappa shape index (κ1) is 19.9. The Morgan fingerprint density at radius 3 is 2.72 bits per heavy atom. The summed E-state index contributed by atoms with van der Waals surface area (Å²) < 4.78 is 5.28. The van der Waals surface area contributed by atoms with Crippen LogP contribution in [0.3, 0.4) is 0 Å². The Morgan fingerprint density at radius 2 is 2.00 bits per heavy atom. The van der Waals surface area contributed by atoms with Gasteiger partial charge in [0.25, 0.3) is 0 Å². The minimum Gasteiger partial charge on any atom is -0.497 e. The van der Waals surface area contributed by atoms with Crippen LogP contribution in [0.25, 0.3) is 0 Å². The van der Waals surface area contributed by atoms with Crippen molar-refractivity contribution in [1.82, 2.24) is 20.7 Å². The van der Waals surface area contributed by atoms with Crippen LogP contribution in [0.4, 0.5) is 0 Å². The molecule has 0 radical (unpaired) electrons. The summed E-state index contributed by atoms with van der Waals surface area (Å²) in [6.07, 6.45) is 7.44. The zero-order chi connectivity index (χ0) is 20.2. The van der Waals surface area contributed by atoms with Crippen molar-refractivity contribution in [2.45, 2.75) is 50.7 Å². The number of amides is 1. The Labute approximate surface area is 172 Å². The van der Waals surface area contributed by atoms with Crippen molar-refractivity contribution in [1.29, 1.82) is 0 Å². The van der Waals surface area contributed by atoms with Crippen molar-refractivity contribution < 1.29 is 9.53 Å². The first-order chi connectivity index (χ1) is 14.2. The molecular formula is C23H30N4O2. The molecule has 2 saturated heterocycles. The zero-order valence-electron chi connectivity index (χ0n) is 17.2. The van der Waals surface area contributed by atoms with Gasteiger partial charge < -0.3 is 9.64 Å². The number of piperidine rings is 1. The molecule has 4 atom stereocenters. The van der Waals surface area contributed by atoms with Crippen LogP contribution in [0.1, 0.15) is 55.8 Å². The van der Waals surface area contributed by atoms with E-state index >= 15 is 0 Å². The molecule has 3 heterocycles. The van der Waals surface area contributed by atoms with E-state index in [0.717, 1.165) is 37.1 Å². The van der Waals surface area contributed by atoms with Gasteiger partial charge in [0.05, 0.1) is 19.2 Å². The largest absolute Gasteiger partial charge is 0.497 e. The SMILES string of the molecule is COc1ccc(C2NNC(C)C2CC(=O)N2CCCC[C@@H]2c2cccnc2)cc1. The standard InChI is InChI=1S/C23H30N4O2/c1-16-20(23(26-25-16)17-8-10-19(29-2)11-9-17)14-22(28)27-13-4-3-7-21(27)18-6-5-12-24-15-18/h5-6,8-12,15-16,20-21,23,25-26H,3-4,7,13-14H2,1-2H3/t16?,20?,21-,23?/m1/s1. The number of methoxy groups -OCH3 is 1. The summed E-state index contributed by atoms with van der Waals surface area (Å²) in [5.41, 5.74) is 9.04. The second-order valence-corrected chi connectivity index (χ2v) is 8.08. The minimum absolute atomic E-state index is 0.0986. The maximum absolute atomic E-state index is 13.4. The van der Waals surface area contributed by atoms with Gasteiger partial charge in [0.15, 0.2) is 0 Å². The highest BCUT2D eigenvalue weighted by molar-refractivity contribution is 5.77. The van der Waals surface area contributed by atoms with Crippen molar-refractivity contribution >= 4 is 5.91 Å². The lowest BCUT2D eigenvalue weighted by Crippen LogP contribution is -2.40. The average Bonchev–Trinajstić information content (AvgIpc) is 3.14. The zero-order valence-corrected chi connectivity index (χ0v) is 17.2. The number of rotatable bonds is 5. The molecule has 0 spiro atoms. The third kappa shape index (κ3) is 4.28. The molecule has 6 nitrogen and oxygen atoms in total. The lowest BCUT2D eigenvalue weighted by Gasteiger charge is -2.37. The van der Waals surface area contributed by atoms with Gasteiger partial charge in [-0.05, 0) is 55.5 Å². The fourth-order valence-corrected chi connectivity index (χ4v) is 4.63. The molecule has 0 bridgehead atoms. The van der Waals surface area contributed by atoms with Crippen molar-refractivity contribution in [3.05, 3.63) is 59.9 Å². The summed E-state index contributed by atoms with van der Waals surface area (Å²) >= 11 is 0. The van der Waals surface area contributed by atoms with Crippen LogP contribution in [0.15, 0.2) is 48.8 Å². The van der Waals surface area contributed by atoms with Crippen molar-refractivity contribution in [3.8, 4) is 5.75 Å². The van der Waals surface area contributed by atoms with E-state index < -0.39 is 0 Å². The molecule has 154 valence electrons. The summed E-state index contributed by atoms with van der Waals surface area (Å²) in [5, 5.41) is 0. The van der Waals surface area contributed by atoms with Crippen LogP contribution in [-0.4, -0.2) is 35.5 Å². The first-order valence-electron chi connectivity index (χ1n) is 10.5. The Morgan fingerprint density at radius 1 is 1.17 bits per heavy atom. The number of nitrogens with one attached hydrogen (secondary N) is 2. The van der Waals surface area contributed by atoms with Gasteiger partial charge in [-0.1, -0.05) is 18.2 Å². The first-order valence-corrected chi connectivity index (χ1v) is 10.5. The summed E-state index contributed by atoms with van der Waals surface area (Å²) in [7, 11) is 1.67. The molecule has 3 unspecified atom stereocenters. The van der Waals surface area contributed by atoms with Gasteiger partial charge >= 0.3 is 0 Å². The number of aromatic nitrogens is 1.